The molecule has 2 heterocycles. The van der Waals surface area contributed by atoms with Crippen molar-refractivity contribution in [2.75, 3.05) is 16.8 Å². The minimum absolute atomic E-state index is 0.224. The fourth-order valence-electron chi connectivity index (χ4n) is 3.40. The van der Waals surface area contributed by atoms with E-state index in [2.05, 4.69) is 45.3 Å². The van der Waals surface area contributed by atoms with Gasteiger partial charge in [0, 0.05) is 24.0 Å². The van der Waals surface area contributed by atoms with E-state index in [0.717, 1.165) is 36.6 Å². The van der Waals surface area contributed by atoms with Crippen molar-refractivity contribution in [3.63, 3.8) is 0 Å². The van der Waals surface area contributed by atoms with Crippen LogP contribution in [0.15, 0.2) is 54.6 Å². The minimum Gasteiger partial charge on any atom is -0.326 e. The Bertz CT molecular complexity index is 982. The van der Waals surface area contributed by atoms with Gasteiger partial charge in [0.2, 0.25) is 0 Å². The number of carbonyl (C=O) groups is 1. The van der Waals surface area contributed by atoms with E-state index in [1.165, 1.54) is 11.1 Å². The number of hydrogen-bond donors (Lipinski definition) is 1. The van der Waals surface area contributed by atoms with Gasteiger partial charge in [0.15, 0.2) is 0 Å². The van der Waals surface area contributed by atoms with Crippen LogP contribution in [0.3, 0.4) is 0 Å². The van der Waals surface area contributed by atoms with Crippen LogP contribution >= 0.6 is 0 Å². The molecule has 0 fully saturated rings. The molecular weight excluding hydrogens is 336 g/mol. The molecule has 5 nitrogen and oxygen atoms in total. The van der Waals surface area contributed by atoms with Crippen molar-refractivity contribution in [3.8, 4) is 0 Å². The molecule has 1 aliphatic heterocycles. The summed E-state index contributed by atoms with van der Waals surface area (Å²) < 4.78 is 0. The quantitative estimate of drug-likeness (QED) is 0.756. The van der Waals surface area contributed by atoms with Crippen LogP contribution in [0, 0.1) is 6.92 Å². The highest BCUT2D eigenvalue weighted by atomic mass is 16.1. The number of carbonyl (C=O) groups excluding carboxylic acids is 1. The van der Waals surface area contributed by atoms with Crippen LogP contribution in [-0.4, -0.2) is 22.4 Å². The van der Waals surface area contributed by atoms with Crippen LogP contribution in [0.4, 0.5) is 17.2 Å². The van der Waals surface area contributed by atoms with E-state index in [0.29, 0.717) is 11.5 Å². The van der Waals surface area contributed by atoms with E-state index in [4.69, 9.17) is 0 Å². The Labute approximate surface area is 159 Å². The summed E-state index contributed by atoms with van der Waals surface area (Å²) in [6.45, 7) is 4.78. The molecule has 0 saturated heterocycles. The van der Waals surface area contributed by atoms with Gasteiger partial charge in [-0.3, -0.25) is 4.79 Å². The second-order valence-corrected chi connectivity index (χ2v) is 6.69. The number of aromatic nitrogens is 2. The number of anilines is 3. The number of hydrogen-bond acceptors (Lipinski definition) is 4. The number of fused-ring (bicyclic) bond motifs is 1. The number of nitrogens with zero attached hydrogens (tertiary/aromatic N) is 3. The number of para-hydroxylation sites is 1. The lowest BCUT2D eigenvalue weighted by atomic mass is 10.1. The zero-order valence-corrected chi connectivity index (χ0v) is 15.6. The van der Waals surface area contributed by atoms with Gasteiger partial charge in [0.05, 0.1) is 0 Å². The molecule has 136 valence electrons. The van der Waals surface area contributed by atoms with Gasteiger partial charge in [0.1, 0.15) is 17.3 Å². The Kier molecular flexibility index (Phi) is 4.59. The van der Waals surface area contributed by atoms with Gasteiger partial charge in [-0.05, 0) is 49.1 Å². The normalized spacial score (nSPS) is 12.7. The molecule has 0 bridgehead atoms. The van der Waals surface area contributed by atoms with Crippen molar-refractivity contribution in [1.82, 2.24) is 9.97 Å². The van der Waals surface area contributed by atoms with Gasteiger partial charge < -0.3 is 10.2 Å². The van der Waals surface area contributed by atoms with Gasteiger partial charge in [0.25, 0.3) is 5.91 Å². The third-order valence-corrected chi connectivity index (χ3v) is 4.84. The monoisotopic (exact) mass is 358 g/mol. The maximum atomic E-state index is 12.7. The SMILES string of the molecule is CCc1ccc(NC(=O)c2cc(N3CCc4ccccc43)nc(C)n2)cc1. The Hall–Kier alpha value is -3.21. The summed E-state index contributed by atoms with van der Waals surface area (Å²) in [5, 5.41) is 2.93. The van der Waals surface area contributed by atoms with E-state index in [1.807, 2.05) is 37.3 Å². The maximum absolute atomic E-state index is 12.7. The predicted molar refractivity (Wildman–Crippen MR) is 108 cm³/mol. The van der Waals surface area contributed by atoms with Crippen molar-refractivity contribution >= 4 is 23.1 Å². The number of aryl methyl sites for hydroxylation is 2. The van der Waals surface area contributed by atoms with Crippen molar-refractivity contribution in [2.45, 2.75) is 26.7 Å². The second-order valence-electron chi connectivity index (χ2n) is 6.69. The molecule has 0 aliphatic carbocycles. The lowest BCUT2D eigenvalue weighted by molar-refractivity contribution is 0.102. The molecule has 0 atom stereocenters. The first-order valence-corrected chi connectivity index (χ1v) is 9.25. The summed E-state index contributed by atoms with van der Waals surface area (Å²) in [7, 11) is 0. The van der Waals surface area contributed by atoms with E-state index < -0.39 is 0 Å². The average Bonchev–Trinajstić information content (AvgIpc) is 3.12. The highest BCUT2D eigenvalue weighted by molar-refractivity contribution is 6.03. The molecule has 5 heteroatoms. The molecule has 1 amide bonds. The van der Waals surface area contributed by atoms with Crippen LogP contribution in [0.5, 0.6) is 0 Å². The van der Waals surface area contributed by atoms with Crippen LogP contribution in [-0.2, 0) is 12.8 Å². The van der Waals surface area contributed by atoms with Crippen molar-refractivity contribution < 1.29 is 4.79 Å². The molecule has 4 rings (SSSR count). The average molecular weight is 358 g/mol. The third kappa shape index (κ3) is 3.53. The molecule has 1 N–H and O–H groups in total. The van der Waals surface area contributed by atoms with Gasteiger partial charge in [-0.2, -0.15) is 0 Å². The smallest absolute Gasteiger partial charge is 0.274 e. The minimum atomic E-state index is -0.224. The van der Waals surface area contributed by atoms with Crippen LogP contribution in [0.2, 0.25) is 0 Å². The van der Waals surface area contributed by atoms with Crippen molar-refractivity contribution in [2.24, 2.45) is 0 Å². The molecule has 0 spiro atoms. The Morgan fingerprint density at radius 1 is 1.11 bits per heavy atom. The van der Waals surface area contributed by atoms with Gasteiger partial charge >= 0.3 is 0 Å². The Morgan fingerprint density at radius 2 is 1.89 bits per heavy atom. The first-order valence-electron chi connectivity index (χ1n) is 9.25. The number of nitrogens with one attached hydrogen (secondary N) is 1. The summed E-state index contributed by atoms with van der Waals surface area (Å²) in [4.78, 5) is 23.8. The molecule has 0 saturated carbocycles. The number of rotatable bonds is 4. The van der Waals surface area contributed by atoms with Crippen LogP contribution < -0.4 is 10.2 Å². The molecule has 1 aliphatic rings. The first-order chi connectivity index (χ1) is 13.1. The van der Waals surface area contributed by atoms with Gasteiger partial charge in [-0.1, -0.05) is 37.3 Å². The number of amides is 1. The molecular formula is C22H22N4O. The van der Waals surface area contributed by atoms with Crippen LogP contribution in [0.1, 0.15) is 34.4 Å². The summed E-state index contributed by atoms with van der Waals surface area (Å²) in [6, 6.07) is 18.0. The molecule has 0 radical (unpaired) electrons. The molecule has 1 aromatic heterocycles. The predicted octanol–water partition coefficient (Wildman–Crippen LogP) is 4.29. The van der Waals surface area contributed by atoms with Gasteiger partial charge in [-0.25, -0.2) is 9.97 Å². The van der Waals surface area contributed by atoms with Gasteiger partial charge in [-0.15, -0.1) is 0 Å². The first kappa shape index (κ1) is 17.2. The summed E-state index contributed by atoms with van der Waals surface area (Å²) in [5.74, 6) is 1.13. The largest absolute Gasteiger partial charge is 0.326 e. The highest BCUT2D eigenvalue weighted by Gasteiger charge is 2.22. The topological polar surface area (TPSA) is 58.1 Å². The van der Waals surface area contributed by atoms with E-state index in [1.54, 1.807) is 6.07 Å². The highest BCUT2D eigenvalue weighted by Crippen LogP contribution is 2.33. The lowest BCUT2D eigenvalue weighted by Gasteiger charge is -2.19. The number of benzene rings is 2. The zero-order chi connectivity index (χ0) is 18.8. The van der Waals surface area contributed by atoms with Crippen molar-refractivity contribution in [3.05, 3.63) is 77.2 Å². The molecule has 3 aromatic rings. The Balaban J connectivity index is 1.59. The fourth-order valence-corrected chi connectivity index (χ4v) is 3.40. The van der Waals surface area contributed by atoms with Crippen molar-refractivity contribution in [1.29, 1.82) is 0 Å². The molecule has 27 heavy (non-hydrogen) atoms. The Morgan fingerprint density at radius 3 is 2.67 bits per heavy atom. The fraction of sp³-hybridized carbons (Fsp3) is 0.227. The van der Waals surface area contributed by atoms with Crippen LogP contribution in [0.25, 0.3) is 0 Å². The summed E-state index contributed by atoms with van der Waals surface area (Å²) in [5.41, 5.74) is 4.83. The summed E-state index contributed by atoms with van der Waals surface area (Å²) >= 11 is 0. The standard InChI is InChI=1S/C22H22N4O/c1-3-16-8-10-18(11-9-16)25-22(27)19-14-21(24-15(2)23-19)26-13-12-17-6-4-5-7-20(17)26/h4-11,14H,3,12-13H2,1-2H3,(H,25,27). The molecule has 0 unspecified atom stereocenters. The second kappa shape index (κ2) is 7.19. The zero-order valence-electron chi connectivity index (χ0n) is 15.6. The lowest BCUT2D eigenvalue weighted by Crippen LogP contribution is -2.19. The van der Waals surface area contributed by atoms with E-state index >= 15 is 0 Å². The van der Waals surface area contributed by atoms with E-state index in [9.17, 15) is 4.79 Å². The van der Waals surface area contributed by atoms with E-state index in [-0.39, 0.29) is 5.91 Å². The molecule has 2 aromatic carbocycles. The maximum Gasteiger partial charge on any atom is 0.274 e. The summed E-state index contributed by atoms with van der Waals surface area (Å²) in [6.07, 6.45) is 1.95. The third-order valence-electron chi connectivity index (χ3n) is 4.84.